The summed E-state index contributed by atoms with van der Waals surface area (Å²) >= 11 is 3.28. The van der Waals surface area contributed by atoms with Crippen LogP contribution in [0.1, 0.15) is 32.1 Å². The first-order valence-corrected chi connectivity index (χ1v) is 9.65. The molecule has 0 bridgehead atoms. The fourth-order valence-corrected chi connectivity index (χ4v) is 5.72. The Morgan fingerprint density at radius 1 is 1.23 bits per heavy atom. The Morgan fingerprint density at radius 2 is 1.77 bits per heavy atom. The van der Waals surface area contributed by atoms with Gasteiger partial charge in [-0.3, -0.25) is 0 Å². The summed E-state index contributed by atoms with van der Waals surface area (Å²) < 4.78 is 45.4. The lowest BCUT2D eigenvalue weighted by Gasteiger charge is -2.29. The first kappa shape index (κ1) is 17.3. The number of nitrogens with zero attached hydrogens (tertiary/aromatic N) is 2. The molecule has 9 heteroatoms. The molecule has 1 N–H and O–H groups in total. The molecule has 0 aromatic heterocycles. The Morgan fingerprint density at radius 3 is 2.23 bits per heavy atom. The second-order valence-electron chi connectivity index (χ2n) is 5.17. The van der Waals surface area contributed by atoms with E-state index in [2.05, 4.69) is 4.79 Å². The fourth-order valence-electron chi connectivity index (χ4n) is 2.70. The highest BCUT2D eigenvalue weighted by Gasteiger charge is 2.55. The molecule has 0 heterocycles. The van der Waals surface area contributed by atoms with Crippen molar-refractivity contribution in [2.45, 2.75) is 41.7 Å². The quantitative estimate of drug-likeness (QED) is 0.293. The van der Waals surface area contributed by atoms with E-state index in [0.717, 1.165) is 6.42 Å². The third kappa shape index (κ3) is 3.02. The second-order valence-corrected chi connectivity index (χ2v) is 8.75. The summed E-state index contributed by atoms with van der Waals surface area (Å²) in [5, 5.41) is -0.289. The zero-order valence-corrected chi connectivity index (χ0v) is 14.0. The van der Waals surface area contributed by atoms with Gasteiger partial charge in [0.1, 0.15) is 0 Å². The third-order valence-electron chi connectivity index (χ3n) is 3.85. The largest absolute Gasteiger partial charge is 0.406 e. The van der Waals surface area contributed by atoms with Gasteiger partial charge in [-0.25, -0.2) is 12.6 Å². The van der Waals surface area contributed by atoms with E-state index in [1.165, 1.54) is 24.3 Å². The number of rotatable bonds is 3. The summed E-state index contributed by atoms with van der Waals surface area (Å²) in [4.78, 5) is 2.79. The summed E-state index contributed by atoms with van der Waals surface area (Å²) in [7, 11) is -4.18. The lowest BCUT2D eigenvalue weighted by atomic mass is 9.89. The van der Waals surface area contributed by atoms with Crippen molar-refractivity contribution in [1.29, 1.82) is 0 Å². The minimum atomic E-state index is -4.18. The highest BCUT2D eigenvalue weighted by molar-refractivity contribution is 8.08. The first-order valence-electron chi connectivity index (χ1n) is 6.69. The van der Waals surface area contributed by atoms with Crippen molar-refractivity contribution in [2.75, 3.05) is 0 Å². The molecule has 2 rings (SSSR count). The molecule has 1 fully saturated rings. The zero-order valence-electron chi connectivity index (χ0n) is 11.6. The maximum atomic E-state index is 12.7. The van der Waals surface area contributed by atoms with Gasteiger partial charge >= 0.3 is 5.04 Å². The average Bonchev–Trinajstić information content (AvgIpc) is 2.49. The van der Waals surface area contributed by atoms with E-state index in [4.69, 9.17) is 11.6 Å². The summed E-state index contributed by atoms with van der Waals surface area (Å²) in [6.45, 7) is 0. The van der Waals surface area contributed by atoms with Gasteiger partial charge in [-0.1, -0.05) is 30.9 Å². The summed E-state index contributed by atoms with van der Waals surface area (Å²) in [6.07, 6.45) is 2.41. The number of halogens is 1. The topological polar surface area (TPSA) is 108 Å². The maximum absolute atomic E-state index is 12.7. The van der Waals surface area contributed by atoms with E-state index in [-0.39, 0.29) is 17.7 Å². The number of sulfone groups is 1. The van der Waals surface area contributed by atoms with Crippen LogP contribution in [-0.4, -0.2) is 31.8 Å². The van der Waals surface area contributed by atoms with Crippen LogP contribution in [0.4, 0.5) is 0 Å². The first-order chi connectivity index (χ1) is 10.3. The minimum Gasteiger partial charge on any atom is -0.360 e. The van der Waals surface area contributed by atoms with Crippen LogP contribution in [0.2, 0.25) is 5.02 Å². The Hall–Kier alpha value is -1.05. The molecule has 1 atom stereocenters. The van der Waals surface area contributed by atoms with E-state index in [9.17, 15) is 22.7 Å². The van der Waals surface area contributed by atoms with Crippen molar-refractivity contribution in [3.63, 3.8) is 0 Å². The van der Waals surface area contributed by atoms with Crippen LogP contribution in [0, 0.1) is 0 Å². The van der Waals surface area contributed by atoms with Gasteiger partial charge in [0.2, 0.25) is 0 Å². The number of hydrogen-bond donors (Lipinski definition) is 1. The average molecular weight is 363 g/mol. The highest BCUT2D eigenvalue weighted by atomic mass is 35.5. The smallest absolute Gasteiger partial charge is 0.360 e. The predicted molar refractivity (Wildman–Crippen MR) is 83.9 cm³/mol. The van der Waals surface area contributed by atoms with E-state index in [1.807, 2.05) is 0 Å². The van der Waals surface area contributed by atoms with Crippen LogP contribution < -0.4 is 0 Å². The standard InChI is InChI=1S/C13H15ClN2O4S2/c14-10-4-6-11(7-5-10)22(19,20)12(16-15)13(21(17)18)8-2-1-3-9-13/h4-7H,1-3,8-9H2,(H,17,18). The van der Waals surface area contributed by atoms with Crippen LogP contribution in [0.3, 0.4) is 0 Å². The van der Waals surface area contributed by atoms with Gasteiger partial charge in [0.15, 0.2) is 15.8 Å². The van der Waals surface area contributed by atoms with Crippen molar-refractivity contribution >= 4 is 37.6 Å². The molecule has 0 radical (unpaired) electrons. The molecule has 0 amide bonds. The summed E-state index contributed by atoms with van der Waals surface area (Å²) in [5.41, 5.74) is 9.28. The maximum Gasteiger partial charge on any atom is 0.406 e. The Labute approximate surface area is 136 Å². The Bertz CT molecular complexity index is 734. The molecule has 1 aliphatic carbocycles. The van der Waals surface area contributed by atoms with Crippen LogP contribution in [0.5, 0.6) is 0 Å². The van der Waals surface area contributed by atoms with Crippen LogP contribution in [0.15, 0.2) is 29.2 Å². The highest BCUT2D eigenvalue weighted by Crippen LogP contribution is 2.36. The van der Waals surface area contributed by atoms with Crippen LogP contribution >= 0.6 is 11.6 Å². The van der Waals surface area contributed by atoms with Gasteiger partial charge in [-0.05, 0) is 37.1 Å². The molecule has 0 saturated heterocycles. The second kappa shape index (κ2) is 6.60. The normalized spacial score (nSPS) is 19.2. The molecule has 120 valence electrons. The van der Waals surface area contributed by atoms with Gasteiger partial charge < -0.3 is 10.1 Å². The summed E-state index contributed by atoms with van der Waals surface area (Å²) in [5.74, 6) is 0. The van der Waals surface area contributed by atoms with Gasteiger partial charge in [-0.2, -0.15) is 4.79 Å². The summed E-state index contributed by atoms with van der Waals surface area (Å²) in [6, 6.07) is 5.35. The fraction of sp³-hybridized carbons (Fsp3) is 0.462. The molecule has 0 spiro atoms. The molecular weight excluding hydrogens is 348 g/mol. The van der Waals surface area contributed by atoms with Crippen molar-refractivity contribution in [3.8, 4) is 0 Å². The van der Waals surface area contributed by atoms with Crippen molar-refractivity contribution in [3.05, 3.63) is 34.8 Å². The Balaban J connectivity index is 2.57. The molecule has 0 aliphatic heterocycles. The molecule has 1 saturated carbocycles. The molecule has 22 heavy (non-hydrogen) atoms. The van der Waals surface area contributed by atoms with Crippen LogP contribution in [-0.2, 0) is 20.9 Å². The molecule has 6 nitrogen and oxygen atoms in total. The molecule has 1 aliphatic rings. The van der Waals surface area contributed by atoms with E-state index in [1.54, 1.807) is 0 Å². The monoisotopic (exact) mass is 362 g/mol. The number of hydrogen-bond acceptors (Lipinski definition) is 3. The Kier molecular flexibility index (Phi) is 5.19. The van der Waals surface area contributed by atoms with Gasteiger partial charge in [0.05, 0.1) is 4.90 Å². The molecule has 1 unspecified atom stereocenters. The molecular formula is C13H15ClN2O4S2. The zero-order chi connectivity index (χ0) is 16.4. The minimum absolute atomic E-state index is 0.125. The third-order valence-corrected chi connectivity index (χ3v) is 7.38. The SMILES string of the molecule is [N-]=[N+]=C(C1(S(=O)O)CCCCC1)S(=O)(=O)c1ccc(Cl)cc1. The lowest BCUT2D eigenvalue weighted by molar-refractivity contribution is -0.00757. The van der Waals surface area contributed by atoms with Gasteiger partial charge in [0, 0.05) is 5.02 Å². The number of benzene rings is 1. The van der Waals surface area contributed by atoms with Gasteiger partial charge in [-0.15, -0.1) is 0 Å². The van der Waals surface area contributed by atoms with E-state index < -0.39 is 30.7 Å². The van der Waals surface area contributed by atoms with Crippen molar-refractivity contribution in [2.24, 2.45) is 0 Å². The molecule has 1 aromatic carbocycles. The predicted octanol–water partition coefficient (Wildman–Crippen LogP) is 2.67. The molecule has 1 aromatic rings. The van der Waals surface area contributed by atoms with Crippen molar-refractivity contribution in [1.82, 2.24) is 0 Å². The van der Waals surface area contributed by atoms with E-state index >= 15 is 0 Å². The van der Waals surface area contributed by atoms with E-state index in [0.29, 0.717) is 17.9 Å². The van der Waals surface area contributed by atoms with Crippen LogP contribution in [0.25, 0.3) is 5.53 Å². The van der Waals surface area contributed by atoms with Crippen molar-refractivity contribution < 1.29 is 22.0 Å². The lowest BCUT2D eigenvalue weighted by Crippen LogP contribution is -2.48. The van der Waals surface area contributed by atoms with Gasteiger partial charge in [0.25, 0.3) is 9.84 Å².